The summed E-state index contributed by atoms with van der Waals surface area (Å²) in [5.74, 6) is 1.35. The summed E-state index contributed by atoms with van der Waals surface area (Å²) in [7, 11) is 1.72. The van der Waals surface area contributed by atoms with Crippen LogP contribution in [0.3, 0.4) is 0 Å². The summed E-state index contributed by atoms with van der Waals surface area (Å²) in [5.41, 5.74) is 0. The van der Waals surface area contributed by atoms with E-state index in [1.54, 1.807) is 7.05 Å². The Hall–Kier alpha value is -1.79. The van der Waals surface area contributed by atoms with Crippen LogP contribution in [0.2, 0.25) is 0 Å². The van der Waals surface area contributed by atoms with Gasteiger partial charge in [-0.25, -0.2) is 0 Å². The molecule has 3 rings (SSSR count). The van der Waals surface area contributed by atoms with Crippen LogP contribution in [0.1, 0.15) is 51.4 Å². The third kappa shape index (κ3) is 4.89. The minimum Gasteiger partial charge on any atom is -0.352 e. The molecule has 0 aromatic rings. The van der Waals surface area contributed by atoms with Gasteiger partial charge < -0.3 is 20.4 Å². The van der Waals surface area contributed by atoms with Crippen LogP contribution in [0, 0.1) is 5.92 Å². The summed E-state index contributed by atoms with van der Waals surface area (Å²) in [6, 6.07) is 0.204. The molecule has 2 amide bonds. The van der Waals surface area contributed by atoms with Crippen molar-refractivity contribution in [1.29, 1.82) is 0 Å². The summed E-state index contributed by atoms with van der Waals surface area (Å²) in [6.07, 6.45) is 8.88. The van der Waals surface area contributed by atoms with Gasteiger partial charge in [-0.2, -0.15) is 0 Å². The molecule has 0 spiro atoms. The van der Waals surface area contributed by atoms with E-state index < -0.39 is 0 Å². The van der Waals surface area contributed by atoms with E-state index in [1.807, 2.05) is 9.80 Å². The van der Waals surface area contributed by atoms with Gasteiger partial charge in [-0.15, -0.1) is 0 Å². The van der Waals surface area contributed by atoms with Crippen LogP contribution in [0.5, 0.6) is 0 Å². The van der Waals surface area contributed by atoms with Crippen molar-refractivity contribution < 1.29 is 9.59 Å². The first-order valence-electron chi connectivity index (χ1n) is 10.2. The molecule has 7 heteroatoms. The number of aliphatic imine (C=N–C) groups is 1. The molecule has 3 fully saturated rings. The van der Waals surface area contributed by atoms with Gasteiger partial charge in [-0.05, 0) is 32.1 Å². The highest BCUT2D eigenvalue weighted by Crippen LogP contribution is 2.26. The summed E-state index contributed by atoms with van der Waals surface area (Å²) in [6.45, 7) is 3.56. The number of rotatable bonds is 4. The molecule has 0 bridgehead atoms. The first kappa shape index (κ1) is 19.0. The van der Waals surface area contributed by atoms with Crippen LogP contribution in [0.25, 0.3) is 0 Å². The van der Waals surface area contributed by atoms with Gasteiger partial charge in [-0.3, -0.25) is 14.6 Å². The minimum absolute atomic E-state index is 0.131. The zero-order chi connectivity index (χ0) is 18.4. The number of carbonyl (C=O) groups excluding carboxylic acids is 2. The Morgan fingerprint density at radius 2 is 1.69 bits per heavy atom. The third-order valence-corrected chi connectivity index (χ3v) is 5.88. The fourth-order valence-electron chi connectivity index (χ4n) is 4.31. The molecule has 2 aliphatic heterocycles. The van der Waals surface area contributed by atoms with Crippen molar-refractivity contribution in [3.05, 3.63) is 0 Å². The Kier molecular flexibility index (Phi) is 6.74. The summed E-state index contributed by atoms with van der Waals surface area (Å²) in [5, 5.41) is 6.50. The molecular formula is C19H33N5O2. The molecule has 0 aromatic carbocycles. The molecule has 0 radical (unpaired) electrons. The quantitative estimate of drug-likeness (QED) is 0.576. The topological polar surface area (TPSA) is 77.0 Å². The van der Waals surface area contributed by atoms with E-state index in [4.69, 9.17) is 0 Å². The van der Waals surface area contributed by atoms with Crippen molar-refractivity contribution in [2.75, 3.05) is 39.8 Å². The lowest BCUT2D eigenvalue weighted by atomic mass is 9.88. The molecule has 3 aliphatic rings. The second-order valence-corrected chi connectivity index (χ2v) is 7.76. The Morgan fingerprint density at radius 3 is 2.38 bits per heavy atom. The SMILES string of the molecule is CN=C(NCC(=O)N1CCCC1)NC1CCN(C(=O)C2CCCCC2)C1. The maximum atomic E-state index is 12.7. The molecule has 7 nitrogen and oxygen atoms in total. The summed E-state index contributed by atoms with van der Waals surface area (Å²) >= 11 is 0. The molecule has 2 heterocycles. The minimum atomic E-state index is 0.131. The predicted molar refractivity (Wildman–Crippen MR) is 102 cm³/mol. The number of hydrogen-bond donors (Lipinski definition) is 2. The van der Waals surface area contributed by atoms with Crippen molar-refractivity contribution in [1.82, 2.24) is 20.4 Å². The van der Waals surface area contributed by atoms with E-state index in [-0.39, 0.29) is 24.4 Å². The number of nitrogens with one attached hydrogen (secondary N) is 2. The van der Waals surface area contributed by atoms with Gasteiger partial charge in [0.15, 0.2) is 5.96 Å². The highest BCUT2D eigenvalue weighted by atomic mass is 16.2. The van der Waals surface area contributed by atoms with Gasteiger partial charge in [0.05, 0.1) is 6.54 Å². The number of carbonyl (C=O) groups is 2. The number of hydrogen-bond acceptors (Lipinski definition) is 3. The average Bonchev–Trinajstić information content (AvgIpc) is 3.37. The Labute approximate surface area is 156 Å². The zero-order valence-corrected chi connectivity index (χ0v) is 16.0. The highest BCUT2D eigenvalue weighted by Gasteiger charge is 2.31. The van der Waals surface area contributed by atoms with Gasteiger partial charge in [0, 0.05) is 45.2 Å². The molecule has 2 N–H and O–H groups in total. The van der Waals surface area contributed by atoms with E-state index in [1.165, 1.54) is 19.3 Å². The fourth-order valence-corrected chi connectivity index (χ4v) is 4.31. The maximum absolute atomic E-state index is 12.7. The standard InChI is InChI=1S/C19H33N5O2/c1-20-19(21-13-17(25)23-10-5-6-11-23)22-16-9-12-24(14-16)18(26)15-7-3-2-4-8-15/h15-16H,2-14H2,1H3,(H2,20,21,22). The van der Waals surface area contributed by atoms with Crippen molar-refractivity contribution >= 4 is 17.8 Å². The van der Waals surface area contributed by atoms with Gasteiger partial charge in [0.2, 0.25) is 11.8 Å². The van der Waals surface area contributed by atoms with Crippen molar-refractivity contribution in [2.45, 2.75) is 57.4 Å². The summed E-state index contributed by atoms with van der Waals surface area (Å²) < 4.78 is 0. The largest absolute Gasteiger partial charge is 0.352 e. The molecule has 1 aliphatic carbocycles. The average molecular weight is 364 g/mol. The van der Waals surface area contributed by atoms with Gasteiger partial charge in [-0.1, -0.05) is 19.3 Å². The lowest BCUT2D eigenvalue weighted by Crippen LogP contribution is -2.48. The second kappa shape index (κ2) is 9.24. The van der Waals surface area contributed by atoms with Crippen molar-refractivity contribution in [3.8, 4) is 0 Å². The Bertz CT molecular complexity index is 524. The molecule has 1 saturated carbocycles. The van der Waals surface area contributed by atoms with Crippen LogP contribution < -0.4 is 10.6 Å². The third-order valence-electron chi connectivity index (χ3n) is 5.88. The Balaban J connectivity index is 1.41. The lowest BCUT2D eigenvalue weighted by molar-refractivity contribution is -0.135. The molecule has 0 aromatic heterocycles. The monoisotopic (exact) mass is 363 g/mol. The molecule has 26 heavy (non-hydrogen) atoms. The van der Waals surface area contributed by atoms with Crippen LogP contribution in [-0.2, 0) is 9.59 Å². The van der Waals surface area contributed by atoms with Gasteiger partial charge in [0.25, 0.3) is 0 Å². The molecule has 1 atom stereocenters. The van der Waals surface area contributed by atoms with E-state index in [0.29, 0.717) is 11.9 Å². The first-order chi connectivity index (χ1) is 12.7. The van der Waals surface area contributed by atoms with E-state index in [9.17, 15) is 9.59 Å². The number of amides is 2. The maximum Gasteiger partial charge on any atom is 0.241 e. The number of nitrogens with zero attached hydrogens (tertiary/aromatic N) is 3. The number of likely N-dealkylation sites (tertiary alicyclic amines) is 2. The second-order valence-electron chi connectivity index (χ2n) is 7.76. The highest BCUT2D eigenvalue weighted by molar-refractivity contribution is 5.87. The van der Waals surface area contributed by atoms with Crippen molar-refractivity contribution in [3.63, 3.8) is 0 Å². The lowest BCUT2D eigenvalue weighted by Gasteiger charge is -2.26. The van der Waals surface area contributed by atoms with Crippen LogP contribution in [0.15, 0.2) is 4.99 Å². The van der Waals surface area contributed by atoms with E-state index in [0.717, 1.165) is 58.3 Å². The first-order valence-corrected chi connectivity index (χ1v) is 10.2. The van der Waals surface area contributed by atoms with E-state index >= 15 is 0 Å². The van der Waals surface area contributed by atoms with E-state index in [2.05, 4.69) is 15.6 Å². The van der Waals surface area contributed by atoms with Crippen LogP contribution >= 0.6 is 0 Å². The fraction of sp³-hybridized carbons (Fsp3) is 0.842. The predicted octanol–water partition coefficient (Wildman–Crippen LogP) is 0.955. The molecule has 2 saturated heterocycles. The molecular weight excluding hydrogens is 330 g/mol. The van der Waals surface area contributed by atoms with Crippen molar-refractivity contribution in [2.24, 2.45) is 10.9 Å². The van der Waals surface area contributed by atoms with Gasteiger partial charge in [0.1, 0.15) is 0 Å². The summed E-state index contributed by atoms with van der Waals surface area (Å²) in [4.78, 5) is 33.0. The Morgan fingerprint density at radius 1 is 0.962 bits per heavy atom. The molecule has 1 unspecified atom stereocenters. The normalized spacial score (nSPS) is 24.8. The smallest absolute Gasteiger partial charge is 0.241 e. The number of guanidine groups is 1. The van der Waals surface area contributed by atoms with Crippen LogP contribution in [-0.4, -0.2) is 73.4 Å². The van der Waals surface area contributed by atoms with Gasteiger partial charge >= 0.3 is 0 Å². The zero-order valence-electron chi connectivity index (χ0n) is 16.0. The molecule has 146 valence electrons. The van der Waals surface area contributed by atoms with Crippen LogP contribution in [0.4, 0.5) is 0 Å².